The molecule has 0 saturated carbocycles. The van der Waals surface area contributed by atoms with Crippen LogP contribution in [0.1, 0.15) is 16.7 Å². The van der Waals surface area contributed by atoms with Crippen LogP contribution in [0.25, 0.3) is 87.8 Å². The van der Waals surface area contributed by atoms with Crippen molar-refractivity contribution >= 4 is 65.7 Å². The molecule has 3 nitrogen and oxygen atoms in total. The Hall–Kier alpha value is -8.01. The summed E-state index contributed by atoms with van der Waals surface area (Å²) >= 11 is 0. The molecule has 0 aliphatic heterocycles. The minimum Gasteiger partial charge on any atom is -0.383 e. The number of benzene rings is 10. The molecule has 288 valence electrons. The lowest BCUT2D eigenvalue weighted by Gasteiger charge is -2.19. The first-order valence-corrected chi connectivity index (χ1v) is 20.9. The second kappa shape index (κ2) is 15.3. The Morgan fingerprint density at radius 1 is 0.426 bits per heavy atom. The van der Waals surface area contributed by atoms with Gasteiger partial charge in [0.2, 0.25) is 0 Å². The van der Waals surface area contributed by atoms with Crippen LogP contribution in [-0.4, -0.2) is 10.4 Å². The number of amidine groups is 1. The average molecular weight is 780 g/mol. The van der Waals surface area contributed by atoms with Gasteiger partial charge in [0, 0.05) is 22.0 Å². The van der Waals surface area contributed by atoms with E-state index in [2.05, 4.69) is 199 Å². The van der Waals surface area contributed by atoms with Crippen molar-refractivity contribution in [1.82, 2.24) is 4.57 Å². The van der Waals surface area contributed by atoms with Crippen molar-refractivity contribution in [3.05, 3.63) is 241 Å². The van der Waals surface area contributed by atoms with Crippen LogP contribution in [0.3, 0.4) is 0 Å². The molecule has 3 heteroatoms. The maximum absolute atomic E-state index is 6.80. The molecule has 10 aromatic carbocycles. The van der Waals surface area contributed by atoms with Crippen molar-refractivity contribution in [2.75, 3.05) is 0 Å². The molecule has 0 unspecified atom stereocenters. The van der Waals surface area contributed by atoms with Crippen molar-refractivity contribution in [1.29, 1.82) is 0 Å². The smallest absolute Gasteiger partial charge is 0.131 e. The SMILES string of the molecule is NC(=N/C(=C\Cc1ccccc1-n1c2ccccc2c2ccccc21)c1ccc(-c2c3ccccc3c(-c3ccccc3)c3ccc4ccccc4c23)cc1)c1ccccc1. The molecule has 0 aliphatic carbocycles. The highest BCUT2D eigenvalue weighted by atomic mass is 15.0. The Bertz CT molecular complexity index is 3430. The number of aromatic nitrogens is 1. The normalized spacial score (nSPS) is 12.3. The number of nitrogens with zero attached hydrogens (tertiary/aromatic N) is 2. The third kappa shape index (κ3) is 6.35. The second-order valence-corrected chi connectivity index (χ2v) is 15.6. The molecule has 61 heavy (non-hydrogen) atoms. The number of aliphatic imine (C=N–C) groups is 1. The van der Waals surface area contributed by atoms with Gasteiger partial charge in [-0.15, -0.1) is 0 Å². The molecular weight excluding hydrogens is 739 g/mol. The van der Waals surface area contributed by atoms with Gasteiger partial charge in [0.1, 0.15) is 5.84 Å². The minimum absolute atomic E-state index is 0.478. The molecule has 0 amide bonds. The molecule has 1 aromatic heterocycles. The van der Waals surface area contributed by atoms with Gasteiger partial charge < -0.3 is 10.3 Å². The molecule has 0 aliphatic rings. The lowest BCUT2D eigenvalue weighted by molar-refractivity contribution is 1.11. The van der Waals surface area contributed by atoms with Crippen LogP contribution in [-0.2, 0) is 6.42 Å². The van der Waals surface area contributed by atoms with Crippen LogP contribution in [0.15, 0.2) is 229 Å². The van der Waals surface area contributed by atoms with E-state index >= 15 is 0 Å². The van der Waals surface area contributed by atoms with Gasteiger partial charge in [-0.2, -0.15) is 0 Å². The van der Waals surface area contributed by atoms with E-state index in [1.807, 2.05) is 30.3 Å². The summed E-state index contributed by atoms with van der Waals surface area (Å²) in [7, 11) is 0. The summed E-state index contributed by atoms with van der Waals surface area (Å²) in [6.07, 6.45) is 2.88. The van der Waals surface area contributed by atoms with Crippen LogP contribution in [0.4, 0.5) is 0 Å². The van der Waals surface area contributed by atoms with Crippen LogP contribution >= 0.6 is 0 Å². The van der Waals surface area contributed by atoms with Crippen LogP contribution in [0.5, 0.6) is 0 Å². The molecule has 11 aromatic rings. The van der Waals surface area contributed by atoms with E-state index in [1.165, 1.54) is 76.4 Å². The molecule has 0 radical (unpaired) electrons. The van der Waals surface area contributed by atoms with Gasteiger partial charge in [0.15, 0.2) is 0 Å². The Morgan fingerprint density at radius 3 is 1.67 bits per heavy atom. The summed E-state index contributed by atoms with van der Waals surface area (Å²) in [5, 5.41) is 9.90. The van der Waals surface area contributed by atoms with Gasteiger partial charge in [0.05, 0.1) is 16.7 Å². The zero-order chi connectivity index (χ0) is 40.7. The lowest BCUT2D eigenvalue weighted by atomic mass is 9.84. The highest BCUT2D eigenvalue weighted by Gasteiger charge is 2.19. The number of allylic oxidation sites excluding steroid dienone is 1. The minimum atomic E-state index is 0.478. The van der Waals surface area contributed by atoms with Gasteiger partial charge in [-0.3, -0.25) is 0 Å². The third-order valence-electron chi connectivity index (χ3n) is 12.1. The maximum Gasteiger partial charge on any atom is 0.131 e. The zero-order valence-electron chi connectivity index (χ0n) is 33.5. The second-order valence-electron chi connectivity index (χ2n) is 15.6. The molecule has 2 N–H and O–H groups in total. The van der Waals surface area contributed by atoms with Gasteiger partial charge in [-0.25, -0.2) is 4.99 Å². The standard InChI is InChI=1S/C58H41N3/c59-58(44-21-5-2-6-22-44)60-51(38-36-41-18-8-14-28-52(41)61-53-29-15-12-24-46(53)47-25-13-16-30-54(47)61)40-31-33-43(34-32-40)56-49-27-11-10-26-48(49)55(42-19-3-1-4-20-42)50-37-35-39-17-7-9-23-45(39)57(50)56/h1-35,37-38H,36H2,(H2,59,60)/b51-38-. The summed E-state index contributed by atoms with van der Waals surface area (Å²) in [4.78, 5) is 5.16. The first-order valence-electron chi connectivity index (χ1n) is 20.9. The van der Waals surface area contributed by atoms with Crippen molar-refractivity contribution in [2.45, 2.75) is 6.42 Å². The Labute approximate surface area is 355 Å². The predicted octanol–water partition coefficient (Wildman–Crippen LogP) is 14.6. The van der Waals surface area contributed by atoms with E-state index in [9.17, 15) is 0 Å². The lowest BCUT2D eigenvalue weighted by Crippen LogP contribution is -2.13. The van der Waals surface area contributed by atoms with Gasteiger partial charge in [-0.05, 0) is 90.3 Å². The Morgan fingerprint density at radius 2 is 0.967 bits per heavy atom. The maximum atomic E-state index is 6.80. The molecule has 0 atom stereocenters. The van der Waals surface area contributed by atoms with Gasteiger partial charge >= 0.3 is 0 Å². The quantitative estimate of drug-likeness (QED) is 0.0710. The predicted molar refractivity (Wildman–Crippen MR) is 259 cm³/mol. The fourth-order valence-corrected chi connectivity index (χ4v) is 9.29. The summed E-state index contributed by atoms with van der Waals surface area (Å²) in [5.41, 5.74) is 19.1. The van der Waals surface area contributed by atoms with E-state index in [-0.39, 0.29) is 0 Å². The largest absolute Gasteiger partial charge is 0.383 e. The van der Waals surface area contributed by atoms with Crippen LogP contribution in [0, 0.1) is 0 Å². The number of hydrogen-bond donors (Lipinski definition) is 1. The fourth-order valence-electron chi connectivity index (χ4n) is 9.29. The van der Waals surface area contributed by atoms with E-state index in [0.717, 1.165) is 28.1 Å². The van der Waals surface area contributed by atoms with Crippen LogP contribution < -0.4 is 5.73 Å². The van der Waals surface area contributed by atoms with Crippen molar-refractivity contribution in [3.8, 4) is 27.9 Å². The molecule has 0 saturated heterocycles. The summed E-state index contributed by atoms with van der Waals surface area (Å²) < 4.78 is 2.39. The van der Waals surface area contributed by atoms with E-state index in [1.54, 1.807) is 0 Å². The van der Waals surface area contributed by atoms with E-state index in [4.69, 9.17) is 10.7 Å². The monoisotopic (exact) mass is 779 g/mol. The fraction of sp³-hybridized carbons (Fsp3) is 0.0172. The molecule has 0 fully saturated rings. The number of fused-ring (bicyclic) bond motifs is 7. The molecule has 11 rings (SSSR count). The summed E-state index contributed by atoms with van der Waals surface area (Å²) in [6.45, 7) is 0. The number of hydrogen-bond acceptors (Lipinski definition) is 1. The van der Waals surface area contributed by atoms with Crippen molar-refractivity contribution in [2.24, 2.45) is 10.7 Å². The number of rotatable bonds is 8. The Kier molecular flexibility index (Phi) is 9.05. The number of para-hydroxylation sites is 3. The number of nitrogens with two attached hydrogens (primary N) is 1. The first-order chi connectivity index (χ1) is 30.2. The van der Waals surface area contributed by atoms with Crippen molar-refractivity contribution < 1.29 is 0 Å². The molecule has 1 heterocycles. The van der Waals surface area contributed by atoms with E-state index < -0.39 is 0 Å². The first kappa shape index (κ1) is 36.1. The topological polar surface area (TPSA) is 43.3 Å². The zero-order valence-corrected chi connectivity index (χ0v) is 33.5. The molecule has 0 bridgehead atoms. The van der Waals surface area contributed by atoms with Crippen LogP contribution in [0.2, 0.25) is 0 Å². The third-order valence-corrected chi connectivity index (χ3v) is 12.1. The Balaban J connectivity index is 1.07. The van der Waals surface area contributed by atoms with Gasteiger partial charge in [0.25, 0.3) is 0 Å². The summed E-state index contributed by atoms with van der Waals surface area (Å²) in [5.74, 6) is 0.478. The van der Waals surface area contributed by atoms with Crippen molar-refractivity contribution in [3.63, 3.8) is 0 Å². The average Bonchev–Trinajstić information content (AvgIpc) is 3.67. The van der Waals surface area contributed by atoms with E-state index in [0.29, 0.717) is 12.3 Å². The highest BCUT2D eigenvalue weighted by molar-refractivity contribution is 6.28. The molecule has 0 spiro atoms. The summed E-state index contributed by atoms with van der Waals surface area (Å²) in [6, 6.07) is 77.9. The van der Waals surface area contributed by atoms with Gasteiger partial charge in [-0.1, -0.05) is 206 Å². The molecular formula is C58H41N3. The highest BCUT2D eigenvalue weighted by Crippen LogP contribution is 2.46.